The lowest BCUT2D eigenvalue weighted by Gasteiger charge is -2.09. The highest BCUT2D eigenvalue weighted by atomic mass is 19.1. The number of fused-ring (bicyclic) bond motifs is 6. The molecule has 7 aromatic rings. The molecule has 3 nitrogen and oxygen atoms in total. The van der Waals surface area contributed by atoms with Crippen molar-refractivity contribution in [1.82, 2.24) is 14.1 Å². The minimum absolute atomic E-state index is 0.307. The van der Waals surface area contributed by atoms with E-state index in [1.807, 2.05) is 57.7 Å². The van der Waals surface area contributed by atoms with Crippen LogP contribution >= 0.6 is 0 Å². The molecule has 0 aliphatic heterocycles. The third-order valence-corrected chi connectivity index (χ3v) is 6.41. The third-order valence-electron chi connectivity index (χ3n) is 6.41. The van der Waals surface area contributed by atoms with E-state index in [1.165, 1.54) is 24.3 Å². The van der Waals surface area contributed by atoms with Crippen LogP contribution in [0, 0.1) is 11.6 Å². The highest BCUT2D eigenvalue weighted by Crippen LogP contribution is 2.37. The molecule has 0 N–H and O–H groups in total. The molecule has 0 aliphatic carbocycles. The molecule has 4 aromatic carbocycles. The molecule has 5 heteroatoms. The number of rotatable bonds is 2. The van der Waals surface area contributed by atoms with Gasteiger partial charge in [0.1, 0.15) is 22.9 Å². The minimum Gasteiger partial charge on any atom is -0.294 e. The van der Waals surface area contributed by atoms with Gasteiger partial charge >= 0.3 is 0 Å². The van der Waals surface area contributed by atoms with Crippen molar-refractivity contribution in [1.29, 1.82) is 0 Å². The van der Waals surface area contributed by atoms with Crippen molar-refractivity contribution < 1.29 is 8.78 Å². The Morgan fingerprint density at radius 2 is 0.941 bits per heavy atom. The number of hydrogen-bond donors (Lipinski definition) is 0. The lowest BCUT2D eigenvalue weighted by Crippen LogP contribution is -1.99. The van der Waals surface area contributed by atoms with E-state index in [1.54, 1.807) is 12.1 Å². The van der Waals surface area contributed by atoms with Crippen LogP contribution in [0.4, 0.5) is 8.78 Å². The van der Waals surface area contributed by atoms with Gasteiger partial charge in [-0.15, -0.1) is 0 Å². The van der Waals surface area contributed by atoms with Gasteiger partial charge in [0.2, 0.25) is 0 Å². The number of benzene rings is 4. The molecule has 0 amide bonds. The Labute approximate surface area is 193 Å². The zero-order valence-electron chi connectivity index (χ0n) is 17.9. The summed E-state index contributed by atoms with van der Waals surface area (Å²) >= 11 is 0. The number of aromatic nitrogens is 3. The summed E-state index contributed by atoms with van der Waals surface area (Å²) < 4.78 is 32.4. The van der Waals surface area contributed by atoms with Gasteiger partial charge < -0.3 is 0 Å². The van der Waals surface area contributed by atoms with Crippen LogP contribution < -0.4 is 0 Å². The molecule has 0 saturated heterocycles. The molecule has 7 rings (SSSR count). The molecule has 0 bridgehead atoms. The van der Waals surface area contributed by atoms with Crippen LogP contribution in [0.1, 0.15) is 0 Å². The third kappa shape index (κ3) is 2.64. The van der Waals surface area contributed by atoms with Gasteiger partial charge in [-0.05, 0) is 54.6 Å². The number of hydrogen-bond acceptors (Lipinski definition) is 1. The molecule has 3 heterocycles. The van der Waals surface area contributed by atoms with E-state index in [2.05, 4.69) is 18.2 Å². The molecule has 0 aliphatic rings. The van der Waals surface area contributed by atoms with Gasteiger partial charge in [-0.1, -0.05) is 48.5 Å². The van der Waals surface area contributed by atoms with Gasteiger partial charge in [-0.3, -0.25) is 9.13 Å². The second kappa shape index (κ2) is 6.99. The summed E-state index contributed by atoms with van der Waals surface area (Å²) in [6.07, 6.45) is 0. The van der Waals surface area contributed by atoms with Crippen LogP contribution in [0.5, 0.6) is 0 Å². The zero-order chi connectivity index (χ0) is 22.8. The Kier molecular flexibility index (Phi) is 3.91. The molecule has 0 spiro atoms. The van der Waals surface area contributed by atoms with Crippen LogP contribution in [-0.4, -0.2) is 14.1 Å². The van der Waals surface area contributed by atoms with Crippen LogP contribution in [-0.2, 0) is 0 Å². The largest absolute Gasteiger partial charge is 0.294 e. The van der Waals surface area contributed by atoms with Gasteiger partial charge in [0.15, 0.2) is 0 Å². The summed E-state index contributed by atoms with van der Waals surface area (Å²) in [6, 6.07) is 31.3. The molecular formula is C29H17F2N3. The monoisotopic (exact) mass is 445 g/mol. The molecule has 0 fully saturated rings. The lowest BCUT2D eigenvalue weighted by molar-refractivity contribution is 0.626. The summed E-state index contributed by atoms with van der Waals surface area (Å²) in [6.45, 7) is 0. The fraction of sp³-hybridized carbons (Fsp3) is 0. The Bertz CT molecular complexity index is 1760. The lowest BCUT2D eigenvalue weighted by atomic mass is 10.1. The van der Waals surface area contributed by atoms with Crippen molar-refractivity contribution in [3.8, 4) is 11.4 Å². The van der Waals surface area contributed by atoms with E-state index in [9.17, 15) is 8.78 Å². The average molecular weight is 445 g/mol. The SMILES string of the molecule is Fc1cccc(-n2c3ccccc3c3cc4c5ccccc5n(-c5cccc(F)c5)c4nc32)c1. The molecular weight excluding hydrogens is 428 g/mol. The topological polar surface area (TPSA) is 22.8 Å². The molecule has 34 heavy (non-hydrogen) atoms. The summed E-state index contributed by atoms with van der Waals surface area (Å²) in [5.41, 5.74) is 4.74. The van der Waals surface area contributed by atoms with E-state index in [4.69, 9.17) is 4.98 Å². The second-order valence-electron chi connectivity index (χ2n) is 8.40. The number of halogens is 2. The van der Waals surface area contributed by atoms with E-state index in [-0.39, 0.29) is 11.6 Å². The number of nitrogens with zero attached hydrogens (tertiary/aromatic N) is 3. The standard InChI is InChI=1S/C29H17F2N3/c30-18-7-5-9-20(15-18)33-26-13-3-1-11-22(26)24-17-25-23-12-2-4-14-27(23)34(29(25)32-28(24)33)21-10-6-8-19(31)16-21/h1-17H. The fourth-order valence-electron chi connectivity index (χ4n) is 5.01. The van der Waals surface area contributed by atoms with Crippen LogP contribution in [0.2, 0.25) is 0 Å². The Morgan fingerprint density at radius 1 is 0.471 bits per heavy atom. The van der Waals surface area contributed by atoms with Crippen LogP contribution in [0.3, 0.4) is 0 Å². The van der Waals surface area contributed by atoms with Crippen LogP contribution in [0.25, 0.3) is 55.2 Å². The first kappa shape index (κ1) is 19.0. The maximum atomic E-state index is 14.2. The van der Waals surface area contributed by atoms with Gasteiger partial charge in [-0.25, -0.2) is 13.8 Å². The highest BCUT2D eigenvalue weighted by molar-refractivity contribution is 6.16. The predicted molar refractivity (Wildman–Crippen MR) is 133 cm³/mol. The molecule has 0 saturated carbocycles. The summed E-state index contributed by atoms with van der Waals surface area (Å²) in [5.74, 6) is -0.614. The molecule has 162 valence electrons. The van der Waals surface area contributed by atoms with Crippen LogP contribution in [0.15, 0.2) is 103 Å². The minimum atomic E-state index is -0.307. The molecule has 0 atom stereocenters. The van der Waals surface area contributed by atoms with Gasteiger partial charge in [0.25, 0.3) is 0 Å². The Hall–Kier alpha value is -4.51. The molecule has 0 radical (unpaired) electrons. The van der Waals surface area contributed by atoms with Gasteiger partial charge in [-0.2, -0.15) is 0 Å². The van der Waals surface area contributed by atoms with Crippen molar-refractivity contribution in [3.63, 3.8) is 0 Å². The average Bonchev–Trinajstić information content (AvgIpc) is 3.35. The zero-order valence-corrected chi connectivity index (χ0v) is 17.9. The first-order chi connectivity index (χ1) is 16.7. The van der Waals surface area contributed by atoms with Gasteiger partial charge in [0, 0.05) is 21.5 Å². The maximum Gasteiger partial charge on any atom is 0.148 e. The maximum absolute atomic E-state index is 14.2. The van der Waals surface area contributed by atoms with E-state index < -0.39 is 0 Å². The Morgan fingerprint density at radius 3 is 1.41 bits per heavy atom. The summed E-state index contributed by atoms with van der Waals surface area (Å²) in [5, 5.41) is 4.04. The van der Waals surface area contributed by atoms with Crippen molar-refractivity contribution in [2.24, 2.45) is 0 Å². The number of para-hydroxylation sites is 2. The van der Waals surface area contributed by atoms with Crippen molar-refractivity contribution in [2.75, 3.05) is 0 Å². The predicted octanol–water partition coefficient (Wildman–Crippen LogP) is 7.55. The summed E-state index contributed by atoms with van der Waals surface area (Å²) in [7, 11) is 0. The van der Waals surface area contributed by atoms with Crippen molar-refractivity contribution in [2.45, 2.75) is 0 Å². The number of pyridine rings is 1. The summed E-state index contributed by atoms with van der Waals surface area (Å²) in [4.78, 5) is 5.15. The second-order valence-corrected chi connectivity index (χ2v) is 8.40. The van der Waals surface area contributed by atoms with E-state index in [0.717, 1.165) is 43.9 Å². The first-order valence-electron chi connectivity index (χ1n) is 11.0. The fourth-order valence-corrected chi connectivity index (χ4v) is 5.01. The van der Waals surface area contributed by atoms with E-state index >= 15 is 0 Å². The first-order valence-corrected chi connectivity index (χ1v) is 11.0. The van der Waals surface area contributed by atoms with E-state index in [0.29, 0.717) is 11.4 Å². The Balaban J connectivity index is 1.69. The molecule has 0 unspecified atom stereocenters. The van der Waals surface area contributed by atoms with Crippen molar-refractivity contribution in [3.05, 3.63) is 115 Å². The highest BCUT2D eigenvalue weighted by Gasteiger charge is 2.19. The van der Waals surface area contributed by atoms with Crippen molar-refractivity contribution >= 4 is 43.9 Å². The van der Waals surface area contributed by atoms with Gasteiger partial charge in [0.05, 0.1) is 22.4 Å². The normalized spacial score (nSPS) is 11.8. The molecule has 3 aromatic heterocycles. The quantitative estimate of drug-likeness (QED) is 0.269. The smallest absolute Gasteiger partial charge is 0.148 e.